The molecular formula is C22H21Cl2N5O3S. The highest BCUT2D eigenvalue weighted by atomic mass is 35.5. The summed E-state index contributed by atoms with van der Waals surface area (Å²) >= 11 is 12.5. The van der Waals surface area contributed by atoms with Crippen LogP contribution >= 0.6 is 23.2 Å². The van der Waals surface area contributed by atoms with Gasteiger partial charge in [-0.05, 0) is 47.5 Å². The average Bonchev–Trinajstić information content (AvgIpc) is 2.79. The molecule has 3 aromatic rings. The van der Waals surface area contributed by atoms with Gasteiger partial charge in [-0.3, -0.25) is 4.79 Å². The molecule has 33 heavy (non-hydrogen) atoms. The van der Waals surface area contributed by atoms with E-state index < -0.39 is 10.0 Å². The molecule has 0 atom stereocenters. The van der Waals surface area contributed by atoms with Gasteiger partial charge in [0.05, 0.1) is 16.1 Å². The van der Waals surface area contributed by atoms with E-state index in [1.807, 2.05) is 6.07 Å². The summed E-state index contributed by atoms with van der Waals surface area (Å²) in [6.45, 7) is 2.16. The number of carbonyl (C=O) groups is 1. The normalized spacial score (nSPS) is 13.2. The van der Waals surface area contributed by atoms with E-state index >= 15 is 0 Å². The molecule has 11 heteroatoms. The van der Waals surface area contributed by atoms with Crippen LogP contribution in [0.3, 0.4) is 0 Å². The molecule has 0 fully saturated rings. The lowest BCUT2D eigenvalue weighted by Crippen LogP contribution is -2.34. The van der Waals surface area contributed by atoms with E-state index in [9.17, 15) is 13.2 Å². The van der Waals surface area contributed by atoms with Crippen molar-refractivity contribution in [2.75, 3.05) is 23.3 Å². The van der Waals surface area contributed by atoms with Crippen molar-refractivity contribution < 1.29 is 13.2 Å². The topological polar surface area (TPSA) is 117 Å². The summed E-state index contributed by atoms with van der Waals surface area (Å²) in [5.41, 5.74) is 2.82. The van der Waals surface area contributed by atoms with Crippen molar-refractivity contribution in [3.05, 3.63) is 81.5 Å². The van der Waals surface area contributed by atoms with Crippen LogP contribution in [0.1, 0.15) is 21.5 Å². The van der Waals surface area contributed by atoms with Crippen molar-refractivity contribution >= 4 is 50.6 Å². The van der Waals surface area contributed by atoms with E-state index in [1.165, 1.54) is 18.3 Å². The summed E-state index contributed by atoms with van der Waals surface area (Å²) < 4.78 is 22.7. The minimum absolute atomic E-state index is 0.0175. The molecule has 0 bridgehead atoms. The molecule has 0 aliphatic carbocycles. The number of amides is 1. The Bertz CT molecular complexity index is 1300. The molecule has 0 spiro atoms. The summed E-state index contributed by atoms with van der Waals surface area (Å²) in [6, 6.07) is 13.1. The van der Waals surface area contributed by atoms with Crippen LogP contribution in [0.15, 0.2) is 59.6 Å². The molecule has 2 aromatic carbocycles. The molecule has 1 amide bonds. The first-order valence-corrected chi connectivity index (χ1v) is 12.3. The first-order chi connectivity index (χ1) is 15.7. The molecule has 4 rings (SSSR count). The molecular weight excluding hydrogens is 485 g/mol. The van der Waals surface area contributed by atoms with E-state index in [0.717, 1.165) is 16.8 Å². The van der Waals surface area contributed by atoms with E-state index in [2.05, 4.69) is 20.5 Å². The number of carbonyl (C=O) groups excluding carboxylic acids is 1. The standard InChI is InChI=1S/C22H21Cl2N5O3S/c23-17-3-6-19(24)16(9-17)13-29-8-7-26-21-20(29)10-15(12-27-21)22(30)28-11-14-1-4-18(5-2-14)33(25,31)32/h1-6,9-10,12H,7-8,11,13H2,(H,26,27)(H,28,30)(H2,25,31,32). The van der Waals surface area contributed by atoms with Crippen molar-refractivity contribution in [2.45, 2.75) is 18.0 Å². The van der Waals surface area contributed by atoms with Crippen molar-refractivity contribution in [2.24, 2.45) is 5.14 Å². The molecule has 0 saturated carbocycles. The summed E-state index contributed by atoms with van der Waals surface area (Å²) in [6.07, 6.45) is 1.52. The van der Waals surface area contributed by atoms with Crippen molar-refractivity contribution in [1.82, 2.24) is 10.3 Å². The maximum Gasteiger partial charge on any atom is 0.253 e. The number of aromatic nitrogens is 1. The van der Waals surface area contributed by atoms with Crippen molar-refractivity contribution in [3.8, 4) is 0 Å². The Hall–Kier alpha value is -2.85. The van der Waals surface area contributed by atoms with E-state index in [0.29, 0.717) is 41.1 Å². The number of benzene rings is 2. The van der Waals surface area contributed by atoms with Gasteiger partial charge in [0.15, 0.2) is 0 Å². The zero-order chi connectivity index (χ0) is 23.6. The number of sulfonamides is 1. The van der Waals surface area contributed by atoms with Gasteiger partial charge in [-0.1, -0.05) is 35.3 Å². The number of nitrogens with two attached hydrogens (primary N) is 1. The number of hydrogen-bond donors (Lipinski definition) is 3. The molecule has 0 radical (unpaired) electrons. The van der Waals surface area contributed by atoms with Gasteiger partial charge >= 0.3 is 0 Å². The summed E-state index contributed by atoms with van der Waals surface area (Å²) in [7, 11) is -3.76. The van der Waals surface area contributed by atoms with Crippen LogP contribution in [0.25, 0.3) is 0 Å². The minimum Gasteiger partial charge on any atom is -0.367 e. The Labute approximate surface area is 201 Å². The van der Waals surface area contributed by atoms with E-state index in [1.54, 1.807) is 30.3 Å². The Kier molecular flexibility index (Phi) is 6.76. The Morgan fingerprint density at radius 3 is 2.64 bits per heavy atom. The maximum atomic E-state index is 12.7. The molecule has 172 valence electrons. The smallest absolute Gasteiger partial charge is 0.253 e. The zero-order valence-electron chi connectivity index (χ0n) is 17.4. The van der Waals surface area contributed by atoms with Crippen LogP contribution in [0.4, 0.5) is 11.5 Å². The maximum absolute atomic E-state index is 12.7. The lowest BCUT2D eigenvalue weighted by Gasteiger charge is -2.32. The molecule has 0 unspecified atom stereocenters. The first kappa shape index (κ1) is 23.3. The molecule has 0 saturated heterocycles. The van der Waals surface area contributed by atoms with Gasteiger partial charge in [0.2, 0.25) is 10.0 Å². The number of nitrogens with zero attached hydrogens (tertiary/aromatic N) is 2. The SMILES string of the molecule is NS(=O)(=O)c1ccc(CNC(=O)c2cnc3c(c2)N(Cc2cc(Cl)ccc2Cl)CCN3)cc1. The van der Waals surface area contributed by atoms with Crippen LogP contribution in [0.2, 0.25) is 10.0 Å². The zero-order valence-corrected chi connectivity index (χ0v) is 19.7. The summed E-state index contributed by atoms with van der Waals surface area (Å²) in [5, 5.41) is 12.4. The highest BCUT2D eigenvalue weighted by molar-refractivity contribution is 7.89. The predicted octanol–water partition coefficient (Wildman–Crippen LogP) is 3.40. The number of pyridine rings is 1. The summed E-state index contributed by atoms with van der Waals surface area (Å²) in [4.78, 5) is 19.3. The number of hydrogen-bond acceptors (Lipinski definition) is 6. The largest absolute Gasteiger partial charge is 0.367 e. The quantitative estimate of drug-likeness (QED) is 0.472. The Morgan fingerprint density at radius 2 is 1.91 bits per heavy atom. The number of nitrogens with one attached hydrogen (secondary N) is 2. The molecule has 1 aliphatic heterocycles. The third-order valence-corrected chi connectivity index (χ3v) is 6.75. The highest BCUT2D eigenvalue weighted by Gasteiger charge is 2.21. The lowest BCUT2D eigenvalue weighted by atomic mass is 10.1. The van der Waals surface area contributed by atoms with Crippen LogP contribution in [-0.4, -0.2) is 32.4 Å². The second-order valence-electron chi connectivity index (χ2n) is 7.55. The van der Waals surface area contributed by atoms with Gasteiger partial charge in [0.25, 0.3) is 5.91 Å². The molecule has 8 nitrogen and oxygen atoms in total. The number of primary sulfonamides is 1. The second kappa shape index (κ2) is 9.56. The first-order valence-electron chi connectivity index (χ1n) is 10.0. The molecule has 2 heterocycles. The van der Waals surface area contributed by atoms with Crippen molar-refractivity contribution in [1.29, 1.82) is 0 Å². The van der Waals surface area contributed by atoms with E-state index in [-0.39, 0.29) is 17.3 Å². The van der Waals surface area contributed by atoms with Crippen LogP contribution < -0.4 is 20.7 Å². The average molecular weight is 506 g/mol. The number of halogens is 2. The number of rotatable bonds is 6. The number of anilines is 2. The fourth-order valence-corrected chi connectivity index (χ4v) is 4.39. The summed E-state index contributed by atoms with van der Waals surface area (Å²) in [5.74, 6) is 0.390. The third kappa shape index (κ3) is 5.56. The van der Waals surface area contributed by atoms with Crippen molar-refractivity contribution in [3.63, 3.8) is 0 Å². The minimum atomic E-state index is -3.76. The Morgan fingerprint density at radius 1 is 1.15 bits per heavy atom. The number of fused-ring (bicyclic) bond motifs is 1. The van der Waals surface area contributed by atoms with Crippen LogP contribution in [-0.2, 0) is 23.1 Å². The van der Waals surface area contributed by atoms with Gasteiger partial charge in [-0.25, -0.2) is 18.5 Å². The highest BCUT2D eigenvalue weighted by Crippen LogP contribution is 2.31. The van der Waals surface area contributed by atoms with Gasteiger partial charge in [-0.2, -0.15) is 0 Å². The molecule has 1 aromatic heterocycles. The molecule has 1 aliphatic rings. The van der Waals surface area contributed by atoms with Gasteiger partial charge in [0, 0.05) is 42.4 Å². The fourth-order valence-electron chi connectivity index (χ4n) is 3.50. The predicted molar refractivity (Wildman–Crippen MR) is 129 cm³/mol. The van der Waals surface area contributed by atoms with Gasteiger partial charge < -0.3 is 15.5 Å². The van der Waals surface area contributed by atoms with Crippen LogP contribution in [0, 0.1) is 0 Å². The van der Waals surface area contributed by atoms with Gasteiger partial charge in [0.1, 0.15) is 5.82 Å². The molecule has 4 N–H and O–H groups in total. The van der Waals surface area contributed by atoms with Gasteiger partial charge in [-0.15, -0.1) is 0 Å². The second-order valence-corrected chi connectivity index (χ2v) is 9.95. The lowest BCUT2D eigenvalue weighted by molar-refractivity contribution is 0.0950. The third-order valence-electron chi connectivity index (χ3n) is 5.22. The fraction of sp³-hybridized carbons (Fsp3) is 0.182. The monoisotopic (exact) mass is 505 g/mol. The van der Waals surface area contributed by atoms with E-state index in [4.69, 9.17) is 28.3 Å². The Balaban J connectivity index is 1.49. The van der Waals surface area contributed by atoms with Crippen LogP contribution in [0.5, 0.6) is 0 Å².